The smallest absolute Gasteiger partial charge is 0.0328 e. The minimum atomic E-state index is 0.382. The van der Waals surface area contributed by atoms with Crippen LogP contribution >= 0.6 is 7.92 Å². The van der Waals surface area contributed by atoms with Crippen molar-refractivity contribution < 1.29 is 0 Å². The topological polar surface area (TPSA) is 0 Å². The predicted octanol–water partition coefficient (Wildman–Crippen LogP) is 5.65. The molecular formula is C14H31P. The van der Waals surface area contributed by atoms with Crippen LogP contribution in [-0.4, -0.2) is 19.0 Å². The van der Waals surface area contributed by atoms with Gasteiger partial charge in [-0.25, -0.2) is 0 Å². The maximum absolute atomic E-state index is 2.50. The zero-order valence-corrected chi connectivity index (χ0v) is 12.1. The number of hydrogen-bond donors (Lipinski definition) is 0. The zero-order valence-electron chi connectivity index (χ0n) is 11.2. The highest BCUT2D eigenvalue weighted by Gasteiger charge is 2.00. The Bertz CT molecular complexity index is 112. The molecule has 0 rings (SSSR count). The van der Waals surface area contributed by atoms with Gasteiger partial charge in [-0.15, -0.1) is 7.92 Å². The lowest BCUT2D eigenvalue weighted by Gasteiger charge is -2.11. The Morgan fingerprint density at radius 1 is 0.600 bits per heavy atom. The summed E-state index contributed by atoms with van der Waals surface area (Å²) in [5.41, 5.74) is 0. The third-order valence-corrected chi connectivity index (χ3v) is 5.20. The summed E-state index contributed by atoms with van der Waals surface area (Å²) < 4.78 is 0. The van der Waals surface area contributed by atoms with Crippen LogP contribution in [-0.2, 0) is 0 Å². The molecule has 0 bridgehead atoms. The zero-order chi connectivity index (χ0) is 11.4. The molecule has 0 heterocycles. The Balaban J connectivity index is 3.08. The second kappa shape index (κ2) is 12.5. The molecule has 0 saturated carbocycles. The van der Waals surface area contributed by atoms with Gasteiger partial charge in [0.05, 0.1) is 0 Å². The molecule has 0 saturated heterocycles. The summed E-state index contributed by atoms with van der Waals surface area (Å²) in [6.07, 6.45) is 16.1. The molecule has 1 unspecified atom stereocenters. The van der Waals surface area contributed by atoms with Gasteiger partial charge in [0.25, 0.3) is 0 Å². The molecule has 0 aromatic carbocycles. The normalized spacial score (nSPS) is 13.0. The first-order valence-corrected chi connectivity index (χ1v) is 9.15. The second-order valence-corrected chi connectivity index (χ2v) is 7.38. The minimum Gasteiger partial charge on any atom is -0.110 e. The van der Waals surface area contributed by atoms with Crippen LogP contribution in [0.15, 0.2) is 0 Å². The number of unbranched alkanes of at least 4 members (excludes halogenated alkanes) is 7. The molecular weight excluding hydrogens is 199 g/mol. The van der Waals surface area contributed by atoms with Crippen molar-refractivity contribution in [3.05, 3.63) is 0 Å². The maximum atomic E-state index is 2.50. The van der Waals surface area contributed by atoms with Gasteiger partial charge in [0.1, 0.15) is 0 Å². The molecule has 15 heavy (non-hydrogen) atoms. The Kier molecular flexibility index (Phi) is 12.9. The summed E-state index contributed by atoms with van der Waals surface area (Å²) in [6.45, 7) is 7.09. The summed E-state index contributed by atoms with van der Waals surface area (Å²) >= 11 is 0. The lowest BCUT2D eigenvalue weighted by molar-refractivity contribution is 0.657. The van der Waals surface area contributed by atoms with Gasteiger partial charge >= 0.3 is 0 Å². The lowest BCUT2D eigenvalue weighted by atomic mass is 10.2. The summed E-state index contributed by atoms with van der Waals surface area (Å²) in [7, 11) is 0.382. The fourth-order valence-electron chi connectivity index (χ4n) is 1.91. The van der Waals surface area contributed by atoms with E-state index in [0.29, 0.717) is 7.92 Å². The van der Waals surface area contributed by atoms with Crippen molar-refractivity contribution in [2.45, 2.75) is 71.6 Å². The molecule has 0 N–H and O–H groups in total. The molecule has 0 aliphatic heterocycles. The molecule has 0 aromatic heterocycles. The first-order valence-electron chi connectivity index (χ1n) is 6.99. The van der Waals surface area contributed by atoms with E-state index in [0.717, 1.165) is 0 Å². The van der Waals surface area contributed by atoms with Gasteiger partial charge in [0, 0.05) is 0 Å². The van der Waals surface area contributed by atoms with Gasteiger partial charge in [-0.1, -0.05) is 58.8 Å². The van der Waals surface area contributed by atoms with Crippen molar-refractivity contribution in [2.75, 3.05) is 19.0 Å². The number of rotatable bonds is 11. The van der Waals surface area contributed by atoms with Gasteiger partial charge in [0.15, 0.2) is 0 Å². The van der Waals surface area contributed by atoms with Crippen molar-refractivity contribution in [1.29, 1.82) is 0 Å². The van der Waals surface area contributed by atoms with E-state index in [2.05, 4.69) is 20.5 Å². The van der Waals surface area contributed by atoms with Gasteiger partial charge < -0.3 is 0 Å². The highest BCUT2D eigenvalue weighted by Crippen LogP contribution is 2.33. The molecule has 0 aromatic rings. The van der Waals surface area contributed by atoms with Gasteiger partial charge in [-0.3, -0.25) is 0 Å². The highest BCUT2D eigenvalue weighted by atomic mass is 31.1. The van der Waals surface area contributed by atoms with E-state index in [1.807, 2.05) is 0 Å². The van der Waals surface area contributed by atoms with E-state index in [-0.39, 0.29) is 0 Å². The molecule has 0 aliphatic carbocycles. The average Bonchev–Trinajstić information content (AvgIpc) is 2.24. The molecule has 0 nitrogen and oxygen atoms in total. The van der Waals surface area contributed by atoms with Crippen molar-refractivity contribution in [3.8, 4) is 0 Å². The van der Waals surface area contributed by atoms with Crippen LogP contribution in [0.1, 0.15) is 71.6 Å². The van der Waals surface area contributed by atoms with Crippen LogP contribution in [0.4, 0.5) is 0 Å². The van der Waals surface area contributed by atoms with Crippen LogP contribution in [0.2, 0.25) is 0 Å². The van der Waals surface area contributed by atoms with E-state index in [1.54, 1.807) is 0 Å². The first-order chi connectivity index (χ1) is 7.31. The maximum Gasteiger partial charge on any atom is -0.0328 e. The van der Waals surface area contributed by atoms with Crippen molar-refractivity contribution in [1.82, 2.24) is 0 Å². The van der Waals surface area contributed by atoms with Crippen LogP contribution in [0.5, 0.6) is 0 Å². The Labute approximate surface area is 99.0 Å². The molecule has 1 heteroatoms. The monoisotopic (exact) mass is 230 g/mol. The fraction of sp³-hybridized carbons (Fsp3) is 1.00. The molecule has 92 valence electrons. The lowest BCUT2D eigenvalue weighted by Crippen LogP contribution is -1.90. The summed E-state index contributed by atoms with van der Waals surface area (Å²) in [5.74, 6) is 0. The standard InChI is InChI=1S/C14H31P/c1-4-6-8-10-12-14-15(3)13-11-9-7-5-2/h4-14H2,1-3H3. The van der Waals surface area contributed by atoms with Gasteiger partial charge in [-0.05, 0) is 31.8 Å². The molecule has 0 amide bonds. The van der Waals surface area contributed by atoms with E-state index < -0.39 is 0 Å². The number of hydrogen-bond acceptors (Lipinski definition) is 0. The minimum absolute atomic E-state index is 0.382. The third-order valence-electron chi connectivity index (χ3n) is 3.04. The third kappa shape index (κ3) is 12.4. The Morgan fingerprint density at radius 3 is 1.47 bits per heavy atom. The van der Waals surface area contributed by atoms with E-state index in [9.17, 15) is 0 Å². The van der Waals surface area contributed by atoms with Crippen LogP contribution < -0.4 is 0 Å². The van der Waals surface area contributed by atoms with E-state index >= 15 is 0 Å². The van der Waals surface area contributed by atoms with Gasteiger partial charge in [-0.2, -0.15) is 0 Å². The van der Waals surface area contributed by atoms with Crippen molar-refractivity contribution >= 4 is 7.92 Å². The SMILES string of the molecule is CCCCCCCP(C)CCCCCC. The molecule has 0 radical (unpaired) electrons. The average molecular weight is 230 g/mol. The highest BCUT2D eigenvalue weighted by molar-refractivity contribution is 7.56. The predicted molar refractivity (Wildman–Crippen MR) is 75.5 cm³/mol. The molecule has 0 spiro atoms. The second-order valence-electron chi connectivity index (χ2n) is 4.78. The first kappa shape index (κ1) is 15.4. The van der Waals surface area contributed by atoms with Crippen molar-refractivity contribution in [2.24, 2.45) is 0 Å². The van der Waals surface area contributed by atoms with E-state index in [1.165, 1.54) is 70.1 Å². The Morgan fingerprint density at radius 2 is 1.00 bits per heavy atom. The summed E-state index contributed by atoms with van der Waals surface area (Å²) in [6, 6.07) is 0. The Hall–Kier alpha value is 0.430. The molecule has 0 fully saturated rings. The summed E-state index contributed by atoms with van der Waals surface area (Å²) in [5, 5.41) is 0. The molecule has 0 aliphatic rings. The van der Waals surface area contributed by atoms with Gasteiger partial charge in [0.2, 0.25) is 0 Å². The van der Waals surface area contributed by atoms with Crippen LogP contribution in [0, 0.1) is 0 Å². The van der Waals surface area contributed by atoms with E-state index in [4.69, 9.17) is 0 Å². The molecule has 1 atom stereocenters. The fourth-order valence-corrected chi connectivity index (χ4v) is 3.66. The summed E-state index contributed by atoms with van der Waals surface area (Å²) in [4.78, 5) is 0. The van der Waals surface area contributed by atoms with Crippen LogP contribution in [0.25, 0.3) is 0 Å². The quantitative estimate of drug-likeness (QED) is 0.318. The van der Waals surface area contributed by atoms with Crippen LogP contribution in [0.3, 0.4) is 0 Å². The van der Waals surface area contributed by atoms with Crippen molar-refractivity contribution in [3.63, 3.8) is 0 Å². The largest absolute Gasteiger partial charge is 0.110 e.